The van der Waals surface area contributed by atoms with Crippen LogP contribution < -0.4 is 5.73 Å². The topological polar surface area (TPSA) is 46.3 Å². The van der Waals surface area contributed by atoms with Crippen molar-refractivity contribution in [2.75, 3.05) is 13.1 Å². The monoisotopic (exact) mass is 240 g/mol. The number of rotatable bonds is 1. The number of nitrogens with zero attached hydrogens (tertiary/aromatic N) is 1. The van der Waals surface area contributed by atoms with Gasteiger partial charge >= 0.3 is 6.03 Å². The highest BCUT2D eigenvalue weighted by molar-refractivity contribution is 5.85. The average molecular weight is 241 g/mol. The number of piperidine rings is 1. The highest BCUT2D eigenvalue weighted by Crippen LogP contribution is 2.27. The molecule has 1 heterocycles. The van der Waals surface area contributed by atoms with E-state index in [1.807, 2.05) is 6.07 Å². The first-order valence-corrected chi connectivity index (χ1v) is 5.36. The lowest BCUT2D eigenvalue weighted by Crippen LogP contribution is -2.41. The summed E-state index contributed by atoms with van der Waals surface area (Å²) in [5.41, 5.74) is 6.61. The molecule has 1 aromatic rings. The first kappa shape index (κ1) is 12.8. The summed E-state index contributed by atoms with van der Waals surface area (Å²) in [5.74, 6) is 0.585. The maximum Gasteiger partial charge on any atom is 0.314 e. The van der Waals surface area contributed by atoms with Crippen LogP contribution in [0.4, 0.5) is 4.79 Å². The molecule has 1 aliphatic heterocycles. The van der Waals surface area contributed by atoms with Crippen LogP contribution in [0.1, 0.15) is 24.3 Å². The summed E-state index contributed by atoms with van der Waals surface area (Å²) in [6.07, 6.45) is 2.04. The van der Waals surface area contributed by atoms with Crippen LogP contribution >= 0.6 is 12.4 Å². The summed E-state index contributed by atoms with van der Waals surface area (Å²) in [6, 6.07) is 10.2. The molecule has 0 spiro atoms. The predicted molar refractivity (Wildman–Crippen MR) is 66.8 cm³/mol. The number of hydrogen-bond acceptors (Lipinski definition) is 1. The second kappa shape index (κ2) is 5.75. The SMILES string of the molecule is Cl.NC(=O)N1CCC(c2ccccc2)CC1. The van der Waals surface area contributed by atoms with Gasteiger partial charge in [-0.3, -0.25) is 0 Å². The Morgan fingerprint density at radius 1 is 1.19 bits per heavy atom. The maximum atomic E-state index is 10.9. The highest BCUT2D eigenvalue weighted by Gasteiger charge is 2.21. The van der Waals surface area contributed by atoms with Crippen molar-refractivity contribution in [1.82, 2.24) is 4.90 Å². The van der Waals surface area contributed by atoms with Crippen LogP contribution in [-0.2, 0) is 0 Å². The lowest BCUT2D eigenvalue weighted by Gasteiger charge is -2.30. The Kier molecular flexibility index (Phi) is 4.62. The summed E-state index contributed by atoms with van der Waals surface area (Å²) >= 11 is 0. The largest absolute Gasteiger partial charge is 0.351 e. The van der Waals surface area contributed by atoms with Gasteiger partial charge in [0.2, 0.25) is 0 Å². The number of benzene rings is 1. The predicted octanol–water partition coefficient (Wildman–Crippen LogP) is 2.37. The minimum atomic E-state index is -0.290. The van der Waals surface area contributed by atoms with E-state index in [1.165, 1.54) is 5.56 Å². The third kappa shape index (κ3) is 2.89. The molecule has 2 amide bonds. The van der Waals surface area contributed by atoms with E-state index >= 15 is 0 Å². The van der Waals surface area contributed by atoms with E-state index in [4.69, 9.17) is 5.73 Å². The van der Waals surface area contributed by atoms with Crippen LogP contribution in [0.15, 0.2) is 30.3 Å². The zero-order valence-electron chi connectivity index (χ0n) is 9.13. The summed E-state index contributed by atoms with van der Waals surface area (Å²) in [4.78, 5) is 12.7. The number of likely N-dealkylation sites (tertiary alicyclic amines) is 1. The molecule has 1 saturated heterocycles. The molecule has 0 atom stereocenters. The van der Waals surface area contributed by atoms with Crippen LogP contribution in [-0.4, -0.2) is 24.0 Å². The van der Waals surface area contributed by atoms with Crippen LogP contribution in [0.5, 0.6) is 0 Å². The van der Waals surface area contributed by atoms with Gasteiger partial charge in [-0.2, -0.15) is 0 Å². The minimum absolute atomic E-state index is 0. The van der Waals surface area contributed by atoms with Crippen molar-refractivity contribution >= 4 is 18.4 Å². The highest BCUT2D eigenvalue weighted by atomic mass is 35.5. The van der Waals surface area contributed by atoms with Crippen molar-refractivity contribution in [1.29, 1.82) is 0 Å². The van der Waals surface area contributed by atoms with E-state index in [2.05, 4.69) is 24.3 Å². The van der Waals surface area contributed by atoms with Crippen molar-refractivity contribution in [2.45, 2.75) is 18.8 Å². The lowest BCUT2D eigenvalue weighted by atomic mass is 9.90. The van der Waals surface area contributed by atoms with Gasteiger partial charge in [0.25, 0.3) is 0 Å². The Hall–Kier alpha value is -1.22. The summed E-state index contributed by atoms with van der Waals surface area (Å²) in [5, 5.41) is 0. The normalized spacial score (nSPS) is 16.6. The Balaban J connectivity index is 0.00000128. The molecule has 0 aromatic heterocycles. The molecular weight excluding hydrogens is 224 g/mol. The number of primary amides is 1. The van der Waals surface area contributed by atoms with Gasteiger partial charge in [-0.25, -0.2) is 4.79 Å². The van der Waals surface area contributed by atoms with Crippen molar-refractivity contribution < 1.29 is 4.79 Å². The number of carbonyl (C=O) groups is 1. The number of carbonyl (C=O) groups excluding carboxylic acids is 1. The molecule has 2 rings (SSSR count). The molecule has 0 radical (unpaired) electrons. The Bertz CT molecular complexity index is 334. The molecule has 0 bridgehead atoms. The van der Waals surface area contributed by atoms with Gasteiger partial charge in [0.1, 0.15) is 0 Å². The lowest BCUT2D eigenvalue weighted by molar-refractivity contribution is 0.190. The van der Waals surface area contributed by atoms with E-state index in [-0.39, 0.29) is 18.4 Å². The van der Waals surface area contributed by atoms with Crippen molar-refractivity contribution in [3.05, 3.63) is 35.9 Å². The van der Waals surface area contributed by atoms with E-state index in [1.54, 1.807) is 4.90 Å². The quantitative estimate of drug-likeness (QED) is 0.805. The second-order valence-corrected chi connectivity index (χ2v) is 4.01. The molecule has 4 heteroatoms. The molecule has 0 unspecified atom stereocenters. The standard InChI is InChI=1S/C12H16N2O.ClH/c13-12(15)14-8-6-11(7-9-14)10-4-2-1-3-5-10;/h1-5,11H,6-9H2,(H2,13,15);1H. The van der Waals surface area contributed by atoms with Gasteiger partial charge in [-0.15, -0.1) is 12.4 Å². The van der Waals surface area contributed by atoms with E-state index < -0.39 is 0 Å². The van der Waals surface area contributed by atoms with Crippen LogP contribution in [0.2, 0.25) is 0 Å². The van der Waals surface area contributed by atoms with Gasteiger partial charge in [-0.1, -0.05) is 30.3 Å². The molecule has 88 valence electrons. The molecule has 3 nitrogen and oxygen atoms in total. The smallest absolute Gasteiger partial charge is 0.314 e. The summed E-state index contributed by atoms with van der Waals surface area (Å²) < 4.78 is 0. The van der Waals surface area contributed by atoms with Crippen molar-refractivity contribution in [2.24, 2.45) is 5.73 Å². The first-order valence-electron chi connectivity index (χ1n) is 5.36. The zero-order valence-corrected chi connectivity index (χ0v) is 9.95. The average Bonchev–Trinajstić information content (AvgIpc) is 2.30. The summed E-state index contributed by atoms with van der Waals surface area (Å²) in [7, 11) is 0. The molecule has 0 aliphatic carbocycles. The zero-order chi connectivity index (χ0) is 10.7. The molecule has 16 heavy (non-hydrogen) atoms. The molecule has 1 aromatic carbocycles. The Morgan fingerprint density at radius 3 is 2.25 bits per heavy atom. The van der Waals surface area contributed by atoms with E-state index in [0.29, 0.717) is 5.92 Å². The van der Waals surface area contributed by atoms with Crippen LogP contribution in [0, 0.1) is 0 Å². The van der Waals surface area contributed by atoms with Crippen LogP contribution in [0.25, 0.3) is 0 Å². The van der Waals surface area contributed by atoms with E-state index in [0.717, 1.165) is 25.9 Å². The fraction of sp³-hybridized carbons (Fsp3) is 0.417. The van der Waals surface area contributed by atoms with Gasteiger partial charge in [-0.05, 0) is 24.3 Å². The maximum absolute atomic E-state index is 10.9. The molecule has 0 saturated carbocycles. The van der Waals surface area contributed by atoms with Gasteiger partial charge in [0, 0.05) is 13.1 Å². The molecule has 1 fully saturated rings. The fourth-order valence-corrected chi connectivity index (χ4v) is 2.16. The van der Waals surface area contributed by atoms with Crippen molar-refractivity contribution in [3.63, 3.8) is 0 Å². The molecule has 1 aliphatic rings. The van der Waals surface area contributed by atoms with Gasteiger partial charge in [0.15, 0.2) is 0 Å². The fourth-order valence-electron chi connectivity index (χ4n) is 2.16. The molecular formula is C12H17ClN2O. The number of urea groups is 1. The van der Waals surface area contributed by atoms with Gasteiger partial charge in [0.05, 0.1) is 0 Å². The van der Waals surface area contributed by atoms with Crippen molar-refractivity contribution in [3.8, 4) is 0 Å². The number of amides is 2. The number of nitrogens with two attached hydrogens (primary N) is 1. The van der Waals surface area contributed by atoms with Crippen LogP contribution in [0.3, 0.4) is 0 Å². The van der Waals surface area contributed by atoms with E-state index in [9.17, 15) is 4.79 Å². The number of halogens is 1. The first-order chi connectivity index (χ1) is 7.27. The second-order valence-electron chi connectivity index (χ2n) is 4.01. The Morgan fingerprint density at radius 2 is 1.75 bits per heavy atom. The number of hydrogen-bond donors (Lipinski definition) is 1. The Labute approximate surface area is 102 Å². The third-order valence-corrected chi connectivity index (χ3v) is 3.08. The summed E-state index contributed by atoms with van der Waals surface area (Å²) in [6.45, 7) is 1.57. The third-order valence-electron chi connectivity index (χ3n) is 3.08. The minimum Gasteiger partial charge on any atom is -0.351 e. The van der Waals surface area contributed by atoms with Gasteiger partial charge < -0.3 is 10.6 Å². The molecule has 2 N–H and O–H groups in total.